The molecule has 0 aliphatic rings. The summed E-state index contributed by atoms with van der Waals surface area (Å²) in [4.78, 5) is 0. The lowest BCUT2D eigenvalue weighted by molar-refractivity contribution is -0.165. The molecular formula is C8H22N4. The van der Waals surface area contributed by atoms with E-state index >= 15 is 0 Å². The van der Waals surface area contributed by atoms with Gasteiger partial charge in [-0.1, -0.05) is 13.8 Å². The first-order valence-corrected chi connectivity index (χ1v) is 4.32. The van der Waals surface area contributed by atoms with Gasteiger partial charge < -0.3 is 0 Å². The van der Waals surface area contributed by atoms with E-state index in [2.05, 4.69) is 25.8 Å². The first-order chi connectivity index (χ1) is 5.37. The summed E-state index contributed by atoms with van der Waals surface area (Å²) in [5.41, 5.74) is 0. The molecule has 0 saturated carbocycles. The molecule has 12 heavy (non-hydrogen) atoms. The van der Waals surface area contributed by atoms with E-state index in [-0.39, 0.29) is 0 Å². The average Bonchev–Trinajstić information content (AvgIpc) is 2.00. The van der Waals surface area contributed by atoms with Crippen LogP contribution in [0.25, 0.3) is 0 Å². The highest BCUT2D eigenvalue weighted by molar-refractivity contribution is 4.62. The Hall–Kier alpha value is -0.160. The normalized spacial score (nSPS) is 15.2. The van der Waals surface area contributed by atoms with Crippen LogP contribution < -0.4 is 5.84 Å². The summed E-state index contributed by atoms with van der Waals surface area (Å²) in [5, 5.41) is 5.58. The van der Waals surface area contributed by atoms with E-state index < -0.39 is 0 Å². The van der Waals surface area contributed by atoms with E-state index in [1.807, 2.05) is 26.3 Å². The molecule has 0 spiro atoms. The molecule has 0 bridgehead atoms. The lowest BCUT2D eigenvalue weighted by atomic mass is 10.1. The standard InChI is InChI=1S/C8H22N4/c1-7(2)8(3)10(4)12(6)11(5)9/h7-8H,9H2,1-6H3/t8-/m1/s1. The maximum Gasteiger partial charge on any atom is 0.0251 e. The summed E-state index contributed by atoms with van der Waals surface area (Å²) in [6.07, 6.45) is 0. The molecule has 4 heteroatoms. The van der Waals surface area contributed by atoms with Crippen LogP contribution in [0.2, 0.25) is 0 Å². The molecule has 0 rings (SSSR count). The molecule has 0 aromatic rings. The fourth-order valence-electron chi connectivity index (χ4n) is 0.918. The van der Waals surface area contributed by atoms with Gasteiger partial charge in [-0.2, -0.15) is 10.2 Å². The van der Waals surface area contributed by atoms with Crippen LogP contribution in [-0.4, -0.2) is 42.4 Å². The minimum atomic E-state index is 0.487. The van der Waals surface area contributed by atoms with E-state index in [1.165, 1.54) is 0 Å². The van der Waals surface area contributed by atoms with E-state index in [9.17, 15) is 0 Å². The molecule has 1 atom stereocenters. The molecule has 0 unspecified atom stereocenters. The van der Waals surface area contributed by atoms with E-state index in [0.29, 0.717) is 12.0 Å². The van der Waals surface area contributed by atoms with Crippen LogP contribution in [0, 0.1) is 5.92 Å². The molecule has 0 amide bonds. The van der Waals surface area contributed by atoms with Crippen molar-refractivity contribution in [2.24, 2.45) is 11.8 Å². The van der Waals surface area contributed by atoms with Crippen molar-refractivity contribution in [1.29, 1.82) is 0 Å². The third-order valence-electron chi connectivity index (χ3n) is 2.47. The van der Waals surface area contributed by atoms with Gasteiger partial charge in [0.1, 0.15) is 0 Å². The first-order valence-electron chi connectivity index (χ1n) is 4.32. The summed E-state index contributed by atoms with van der Waals surface area (Å²) in [7, 11) is 5.80. The van der Waals surface area contributed by atoms with Crippen molar-refractivity contribution in [2.45, 2.75) is 26.8 Å². The Kier molecular flexibility index (Phi) is 4.70. The van der Waals surface area contributed by atoms with Gasteiger partial charge in [-0.25, -0.2) is 5.01 Å². The highest BCUT2D eigenvalue weighted by Gasteiger charge is 2.17. The zero-order valence-corrected chi connectivity index (χ0v) is 9.07. The number of hydrogen-bond donors (Lipinski definition) is 1. The number of hydrazine groups is 3. The van der Waals surface area contributed by atoms with E-state index in [1.54, 1.807) is 5.12 Å². The zero-order valence-electron chi connectivity index (χ0n) is 9.07. The molecule has 0 aromatic carbocycles. The second-order valence-corrected chi connectivity index (χ2v) is 3.62. The van der Waals surface area contributed by atoms with Gasteiger partial charge >= 0.3 is 0 Å². The predicted octanol–water partition coefficient (Wildman–Crippen LogP) is 0.530. The summed E-state index contributed by atoms with van der Waals surface area (Å²) in [6, 6.07) is 0.487. The van der Waals surface area contributed by atoms with Crippen LogP contribution in [0.15, 0.2) is 0 Å². The molecular weight excluding hydrogens is 152 g/mol. The van der Waals surface area contributed by atoms with Crippen LogP contribution in [-0.2, 0) is 0 Å². The molecule has 0 heterocycles. The maximum absolute atomic E-state index is 5.59. The molecule has 0 radical (unpaired) electrons. The summed E-state index contributed by atoms with van der Waals surface area (Å²) in [6.45, 7) is 6.59. The fraction of sp³-hybridized carbons (Fsp3) is 1.00. The molecule has 0 aliphatic carbocycles. The van der Waals surface area contributed by atoms with Crippen molar-refractivity contribution >= 4 is 0 Å². The van der Waals surface area contributed by atoms with Crippen LogP contribution >= 0.6 is 0 Å². The Morgan fingerprint density at radius 1 is 1.00 bits per heavy atom. The Morgan fingerprint density at radius 2 is 1.42 bits per heavy atom. The minimum Gasteiger partial charge on any atom is -0.254 e. The van der Waals surface area contributed by atoms with Crippen molar-refractivity contribution in [2.75, 3.05) is 21.1 Å². The largest absolute Gasteiger partial charge is 0.254 e. The molecule has 2 N–H and O–H groups in total. The van der Waals surface area contributed by atoms with Crippen molar-refractivity contribution in [3.63, 3.8) is 0 Å². The Balaban J connectivity index is 4.08. The molecule has 0 saturated heterocycles. The van der Waals surface area contributed by atoms with Gasteiger partial charge in [-0.3, -0.25) is 5.84 Å². The topological polar surface area (TPSA) is 35.7 Å². The van der Waals surface area contributed by atoms with Gasteiger partial charge in [0.15, 0.2) is 0 Å². The SMILES string of the molecule is CC(C)[C@@H](C)N(C)N(C)N(C)N. The number of nitrogens with two attached hydrogens (primary N) is 1. The summed E-state index contributed by atoms with van der Waals surface area (Å²) < 4.78 is 0. The second kappa shape index (κ2) is 4.77. The second-order valence-electron chi connectivity index (χ2n) is 3.62. The van der Waals surface area contributed by atoms with Crippen molar-refractivity contribution in [3.8, 4) is 0 Å². The molecule has 0 aliphatic heterocycles. The minimum absolute atomic E-state index is 0.487. The molecule has 74 valence electrons. The smallest absolute Gasteiger partial charge is 0.0251 e. The lowest BCUT2D eigenvalue weighted by Crippen LogP contribution is -2.54. The quantitative estimate of drug-likeness (QED) is 0.498. The number of hydrogen-bond acceptors (Lipinski definition) is 4. The van der Waals surface area contributed by atoms with Crippen LogP contribution in [0.3, 0.4) is 0 Å². The third-order valence-corrected chi connectivity index (χ3v) is 2.47. The zero-order chi connectivity index (χ0) is 9.89. The van der Waals surface area contributed by atoms with Gasteiger partial charge in [0.2, 0.25) is 0 Å². The van der Waals surface area contributed by atoms with Crippen LogP contribution in [0.4, 0.5) is 0 Å². The number of nitrogens with zero attached hydrogens (tertiary/aromatic N) is 3. The van der Waals surface area contributed by atoms with Crippen LogP contribution in [0.1, 0.15) is 20.8 Å². The molecule has 4 nitrogen and oxygen atoms in total. The van der Waals surface area contributed by atoms with Gasteiger partial charge in [-0.05, 0) is 12.8 Å². The Bertz CT molecular complexity index is 110. The molecule has 0 aromatic heterocycles. The maximum atomic E-state index is 5.59. The predicted molar refractivity (Wildman–Crippen MR) is 51.8 cm³/mol. The fourth-order valence-corrected chi connectivity index (χ4v) is 0.918. The lowest BCUT2D eigenvalue weighted by Gasteiger charge is -2.38. The highest BCUT2D eigenvalue weighted by atomic mass is 15.9. The van der Waals surface area contributed by atoms with Gasteiger partial charge in [0.25, 0.3) is 0 Å². The van der Waals surface area contributed by atoms with Crippen molar-refractivity contribution < 1.29 is 0 Å². The molecule has 0 fully saturated rings. The summed E-state index contributed by atoms with van der Waals surface area (Å²) in [5.74, 6) is 6.21. The van der Waals surface area contributed by atoms with Gasteiger partial charge in [-0.15, -0.1) is 0 Å². The van der Waals surface area contributed by atoms with Crippen molar-refractivity contribution in [3.05, 3.63) is 0 Å². The third kappa shape index (κ3) is 3.06. The average molecular weight is 174 g/mol. The Morgan fingerprint density at radius 3 is 1.67 bits per heavy atom. The van der Waals surface area contributed by atoms with Gasteiger partial charge in [0, 0.05) is 27.2 Å². The summed E-state index contributed by atoms with van der Waals surface area (Å²) >= 11 is 0. The highest BCUT2D eigenvalue weighted by Crippen LogP contribution is 2.09. The number of rotatable bonds is 4. The Labute approximate surface area is 75.8 Å². The van der Waals surface area contributed by atoms with Gasteiger partial charge in [0.05, 0.1) is 0 Å². The first kappa shape index (κ1) is 11.8. The monoisotopic (exact) mass is 174 g/mol. The van der Waals surface area contributed by atoms with E-state index in [0.717, 1.165) is 0 Å². The van der Waals surface area contributed by atoms with Crippen molar-refractivity contribution in [1.82, 2.24) is 15.2 Å². The van der Waals surface area contributed by atoms with E-state index in [4.69, 9.17) is 5.84 Å². The van der Waals surface area contributed by atoms with Crippen LogP contribution in [0.5, 0.6) is 0 Å².